The molecule has 1 fully saturated rings. The third-order valence-corrected chi connectivity index (χ3v) is 5.27. The highest BCUT2D eigenvalue weighted by atomic mass is 16.5. The van der Waals surface area contributed by atoms with Crippen molar-refractivity contribution in [3.63, 3.8) is 0 Å². The lowest BCUT2D eigenvalue weighted by atomic mass is 9.83. The van der Waals surface area contributed by atoms with E-state index in [-0.39, 0.29) is 23.8 Å². The van der Waals surface area contributed by atoms with Gasteiger partial charge in [0.2, 0.25) is 11.8 Å². The van der Waals surface area contributed by atoms with Crippen molar-refractivity contribution in [2.24, 2.45) is 5.92 Å². The van der Waals surface area contributed by atoms with Gasteiger partial charge in [0, 0.05) is 13.0 Å². The number of hydrogen-bond acceptors (Lipinski definition) is 4. The summed E-state index contributed by atoms with van der Waals surface area (Å²) in [4.78, 5) is 27.6. The molecule has 0 saturated carbocycles. The predicted molar refractivity (Wildman–Crippen MR) is 106 cm³/mol. The molecule has 1 saturated heterocycles. The average Bonchev–Trinajstić information content (AvgIpc) is 3.24. The lowest BCUT2D eigenvalue weighted by Gasteiger charge is -2.41. The van der Waals surface area contributed by atoms with Crippen LogP contribution in [0.2, 0.25) is 0 Å². The number of likely N-dealkylation sites (tertiary alicyclic amines) is 1. The normalized spacial score (nSPS) is 19.5. The number of benzene rings is 1. The first-order valence-corrected chi connectivity index (χ1v) is 9.87. The number of methoxy groups -OCH3 is 1. The molecule has 0 bridgehead atoms. The molecule has 1 aromatic carbocycles. The molecule has 6 nitrogen and oxygen atoms in total. The standard InChI is InChI=1S/C22H28N2O4/c1-3-4-13-24-20(25)12-11-19(22(26)23-15-18-6-5-14-28-18)21(24)16-7-9-17(27-2)10-8-16/h5-10,14,19,21H,3-4,11-13,15H2,1-2H3,(H,23,26)/t19-,21+/m0/s1. The maximum atomic E-state index is 13.0. The molecule has 1 aliphatic rings. The summed E-state index contributed by atoms with van der Waals surface area (Å²) in [5.74, 6) is 1.24. The maximum Gasteiger partial charge on any atom is 0.225 e. The van der Waals surface area contributed by atoms with Crippen LogP contribution in [0.1, 0.15) is 50.0 Å². The second kappa shape index (κ2) is 9.44. The average molecular weight is 384 g/mol. The van der Waals surface area contributed by atoms with Gasteiger partial charge >= 0.3 is 0 Å². The Kier molecular flexibility index (Phi) is 6.74. The number of ether oxygens (including phenoxy) is 1. The highest BCUT2D eigenvalue weighted by molar-refractivity contribution is 5.85. The first-order chi connectivity index (χ1) is 13.6. The molecule has 150 valence electrons. The number of nitrogens with one attached hydrogen (secondary N) is 1. The fourth-order valence-corrected chi connectivity index (χ4v) is 3.75. The monoisotopic (exact) mass is 384 g/mol. The van der Waals surface area contributed by atoms with Crippen molar-refractivity contribution in [2.45, 2.75) is 45.2 Å². The third kappa shape index (κ3) is 4.55. The maximum absolute atomic E-state index is 13.0. The minimum absolute atomic E-state index is 0.0498. The number of hydrogen-bond donors (Lipinski definition) is 1. The van der Waals surface area contributed by atoms with Gasteiger partial charge in [-0.3, -0.25) is 9.59 Å². The van der Waals surface area contributed by atoms with E-state index >= 15 is 0 Å². The van der Waals surface area contributed by atoms with Crippen LogP contribution in [0.4, 0.5) is 0 Å². The number of carbonyl (C=O) groups excluding carboxylic acids is 2. The largest absolute Gasteiger partial charge is 0.497 e. The lowest BCUT2D eigenvalue weighted by molar-refractivity contribution is -0.143. The van der Waals surface area contributed by atoms with E-state index < -0.39 is 0 Å². The zero-order valence-corrected chi connectivity index (χ0v) is 16.5. The van der Waals surface area contributed by atoms with Crippen molar-refractivity contribution in [2.75, 3.05) is 13.7 Å². The van der Waals surface area contributed by atoms with E-state index in [9.17, 15) is 9.59 Å². The van der Waals surface area contributed by atoms with Gasteiger partial charge in [0.25, 0.3) is 0 Å². The van der Waals surface area contributed by atoms with Crippen LogP contribution in [0.25, 0.3) is 0 Å². The molecule has 1 N–H and O–H groups in total. The molecule has 2 atom stereocenters. The van der Waals surface area contributed by atoms with Gasteiger partial charge in [0.05, 0.1) is 31.9 Å². The fraction of sp³-hybridized carbons (Fsp3) is 0.455. The molecular formula is C22H28N2O4. The Morgan fingerprint density at radius 3 is 2.71 bits per heavy atom. The number of furan rings is 1. The number of nitrogens with zero attached hydrogens (tertiary/aromatic N) is 1. The quantitative estimate of drug-likeness (QED) is 0.754. The van der Waals surface area contributed by atoms with Gasteiger partial charge in [-0.15, -0.1) is 0 Å². The van der Waals surface area contributed by atoms with Crippen molar-refractivity contribution in [3.05, 3.63) is 54.0 Å². The molecule has 0 aliphatic carbocycles. The second-order valence-corrected chi connectivity index (χ2v) is 7.10. The van der Waals surface area contributed by atoms with Crippen LogP contribution in [-0.2, 0) is 16.1 Å². The molecular weight excluding hydrogens is 356 g/mol. The van der Waals surface area contributed by atoms with Crippen molar-refractivity contribution in [1.82, 2.24) is 10.2 Å². The molecule has 0 radical (unpaired) electrons. The summed E-state index contributed by atoms with van der Waals surface area (Å²) in [5, 5.41) is 2.97. The minimum atomic E-state index is -0.294. The van der Waals surface area contributed by atoms with E-state index in [4.69, 9.17) is 9.15 Å². The Morgan fingerprint density at radius 2 is 2.07 bits per heavy atom. The summed E-state index contributed by atoms with van der Waals surface area (Å²) >= 11 is 0. The molecule has 0 spiro atoms. The third-order valence-electron chi connectivity index (χ3n) is 5.27. The predicted octanol–water partition coefficient (Wildman–Crippen LogP) is 3.68. The lowest BCUT2D eigenvalue weighted by Crippen LogP contribution is -2.48. The summed E-state index contributed by atoms with van der Waals surface area (Å²) in [7, 11) is 1.62. The molecule has 2 heterocycles. The highest BCUT2D eigenvalue weighted by Gasteiger charge is 2.40. The zero-order chi connectivity index (χ0) is 19.9. The number of carbonyl (C=O) groups is 2. The number of amides is 2. The van der Waals surface area contributed by atoms with Crippen molar-refractivity contribution in [1.29, 1.82) is 0 Å². The van der Waals surface area contributed by atoms with Crippen molar-refractivity contribution >= 4 is 11.8 Å². The summed E-state index contributed by atoms with van der Waals surface area (Å²) < 4.78 is 10.6. The van der Waals surface area contributed by atoms with Gasteiger partial charge in [-0.05, 0) is 42.7 Å². The van der Waals surface area contributed by atoms with Crippen molar-refractivity contribution in [3.8, 4) is 5.75 Å². The van der Waals surface area contributed by atoms with Crippen LogP contribution in [-0.4, -0.2) is 30.4 Å². The summed E-state index contributed by atoms with van der Waals surface area (Å²) in [6.45, 7) is 3.11. The van der Waals surface area contributed by atoms with E-state index in [0.29, 0.717) is 31.7 Å². The van der Waals surface area contributed by atoms with E-state index in [0.717, 1.165) is 24.2 Å². The van der Waals surface area contributed by atoms with Crippen molar-refractivity contribution < 1.29 is 18.7 Å². The molecule has 1 aromatic heterocycles. The Balaban J connectivity index is 1.83. The SMILES string of the molecule is CCCCN1C(=O)CC[C@H](C(=O)NCc2ccco2)[C@H]1c1ccc(OC)cc1. The van der Waals surface area contributed by atoms with Crippen LogP contribution >= 0.6 is 0 Å². The number of rotatable bonds is 8. The summed E-state index contributed by atoms with van der Waals surface area (Å²) in [6.07, 6.45) is 4.44. The first-order valence-electron chi connectivity index (χ1n) is 9.87. The summed E-state index contributed by atoms with van der Waals surface area (Å²) in [6, 6.07) is 11.0. The second-order valence-electron chi connectivity index (χ2n) is 7.10. The van der Waals surface area contributed by atoms with Crippen LogP contribution in [0, 0.1) is 5.92 Å². The Morgan fingerprint density at radius 1 is 1.29 bits per heavy atom. The Hall–Kier alpha value is -2.76. The molecule has 6 heteroatoms. The Labute approximate surface area is 165 Å². The van der Waals surface area contributed by atoms with Crippen LogP contribution in [0.3, 0.4) is 0 Å². The van der Waals surface area contributed by atoms with Gasteiger partial charge in [0.1, 0.15) is 11.5 Å². The topological polar surface area (TPSA) is 71.8 Å². The highest BCUT2D eigenvalue weighted by Crippen LogP contribution is 2.37. The molecule has 28 heavy (non-hydrogen) atoms. The van der Waals surface area contributed by atoms with E-state index in [1.807, 2.05) is 35.2 Å². The fourth-order valence-electron chi connectivity index (χ4n) is 3.75. The van der Waals surface area contributed by atoms with Crippen LogP contribution in [0.5, 0.6) is 5.75 Å². The molecule has 1 aliphatic heterocycles. The Bertz CT molecular complexity index is 770. The van der Waals surface area contributed by atoms with Gasteiger partial charge in [-0.1, -0.05) is 25.5 Å². The van der Waals surface area contributed by atoms with Gasteiger partial charge in [-0.25, -0.2) is 0 Å². The molecule has 0 unspecified atom stereocenters. The van der Waals surface area contributed by atoms with Gasteiger partial charge in [0.15, 0.2) is 0 Å². The molecule has 3 rings (SSSR count). The molecule has 2 amide bonds. The number of piperidine rings is 1. The van der Waals surface area contributed by atoms with Crippen LogP contribution in [0.15, 0.2) is 47.1 Å². The van der Waals surface area contributed by atoms with Gasteiger partial charge < -0.3 is 19.4 Å². The first kappa shape index (κ1) is 20.0. The summed E-state index contributed by atoms with van der Waals surface area (Å²) in [5.41, 5.74) is 0.961. The van der Waals surface area contributed by atoms with Gasteiger partial charge in [-0.2, -0.15) is 0 Å². The van der Waals surface area contributed by atoms with E-state index in [1.54, 1.807) is 19.4 Å². The zero-order valence-electron chi connectivity index (χ0n) is 16.5. The minimum Gasteiger partial charge on any atom is -0.497 e. The van der Waals surface area contributed by atoms with E-state index in [2.05, 4.69) is 12.2 Å². The van der Waals surface area contributed by atoms with Crippen LogP contribution < -0.4 is 10.1 Å². The van der Waals surface area contributed by atoms with E-state index in [1.165, 1.54) is 0 Å². The number of unbranched alkanes of at least 4 members (excludes halogenated alkanes) is 1. The molecule has 2 aromatic rings. The smallest absolute Gasteiger partial charge is 0.225 e.